The second kappa shape index (κ2) is 8.06. The summed E-state index contributed by atoms with van der Waals surface area (Å²) in [6, 6.07) is 7.95. The number of carbonyl (C=O) groups excluding carboxylic acids is 3. The van der Waals surface area contributed by atoms with Gasteiger partial charge in [-0.05, 0) is 31.4 Å². The first kappa shape index (κ1) is 19.8. The molecule has 1 spiro atoms. The molecule has 0 bridgehead atoms. The molecule has 7 heteroatoms. The Bertz CT molecular complexity index is 946. The zero-order chi connectivity index (χ0) is 20.4. The fraction of sp³-hybridized carbons (Fsp3) is 0.455. The highest BCUT2D eigenvalue weighted by molar-refractivity contribution is 7.13. The molecule has 0 atom stereocenters. The molecule has 1 aromatic heterocycles. The van der Waals surface area contributed by atoms with Crippen LogP contribution in [-0.2, 0) is 20.9 Å². The maximum Gasteiger partial charge on any atom is 0.235 e. The van der Waals surface area contributed by atoms with Gasteiger partial charge in [-0.25, -0.2) is 4.98 Å². The van der Waals surface area contributed by atoms with Crippen LogP contribution in [0.25, 0.3) is 10.6 Å². The minimum atomic E-state index is -0.470. The van der Waals surface area contributed by atoms with Crippen LogP contribution >= 0.6 is 11.3 Å². The van der Waals surface area contributed by atoms with Crippen molar-refractivity contribution in [2.24, 2.45) is 5.41 Å². The van der Waals surface area contributed by atoms with E-state index in [1.165, 1.54) is 4.90 Å². The summed E-state index contributed by atoms with van der Waals surface area (Å²) < 4.78 is 0. The van der Waals surface area contributed by atoms with Gasteiger partial charge >= 0.3 is 0 Å². The molecule has 1 aliphatic carbocycles. The van der Waals surface area contributed by atoms with Gasteiger partial charge in [0.2, 0.25) is 17.7 Å². The minimum Gasteiger partial charge on any atom is -0.352 e. The molecule has 152 valence electrons. The predicted molar refractivity (Wildman–Crippen MR) is 111 cm³/mol. The molecule has 4 rings (SSSR count). The van der Waals surface area contributed by atoms with Crippen LogP contribution in [-0.4, -0.2) is 34.2 Å². The van der Waals surface area contributed by atoms with Crippen molar-refractivity contribution >= 4 is 29.1 Å². The average Bonchev–Trinajstić information content (AvgIpc) is 3.41. The molecule has 1 aromatic carbocycles. The summed E-state index contributed by atoms with van der Waals surface area (Å²) in [5.41, 5.74) is 2.54. The number of hydrogen-bond donors (Lipinski definition) is 1. The summed E-state index contributed by atoms with van der Waals surface area (Å²) in [7, 11) is 0. The molecule has 2 fully saturated rings. The number of rotatable bonds is 6. The number of aryl methyl sites for hydroxylation is 1. The van der Waals surface area contributed by atoms with Gasteiger partial charge < -0.3 is 5.32 Å². The van der Waals surface area contributed by atoms with Gasteiger partial charge in [0, 0.05) is 42.6 Å². The third-order valence-corrected chi connectivity index (χ3v) is 6.90. The topological polar surface area (TPSA) is 79.4 Å². The van der Waals surface area contributed by atoms with E-state index in [2.05, 4.69) is 10.3 Å². The van der Waals surface area contributed by atoms with E-state index in [1.807, 2.05) is 36.6 Å². The van der Waals surface area contributed by atoms with Crippen molar-refractivity contribution in [1.29, 1.82) is 0 Å². The lowest BCUT2D eigenvalue weighted by Gasteiger charge is -2.20. The second-order valence-corrected chi connectivity index (χ2v) is 8.89. The quantitative estimate of drug-likeness (QED) is 0.739. The zero-order valence-corrected chi connectivity index (χ0v) is 17.4. The number of thiazole rings is 1. The zero-order valence-electron chi connectivity index (χ0n) is 16.6. The van der Waals surface area contributed by atoms with Crippen molar-refractivity contribution in [2.75, 3.05) is 6.54 Å². The van der Waals surface area contributed by atoms with Crippen LogP contribution < -0.4 is 5.32 Å². The van der Waals surface area contributed by atoms with Crippen LogP contribution in [0.1, 0.15) is 49.8 Å². The third-order valence-electron chi connectivity index (χ3n) is 5.90. The molecule has 2 heterocycles. The fourth-order valence-electron chi connectivity index (χ4n) is 4.33. The lowest BCUT2D eigenvalue weighted by molar-refractivity contribution is -0.141. The van der Waals surface area contributed by atoms with Crippen molar-refractivity contribution in [3.63, 3.8) is 0 Å². The largest absolute Gasteiger partial charge is 0.352 e. The number of aromatic nitrogens is 1. The summed E-state index contributed by atoms with van der Waals surface area (Å²) in [4.78, 5) is 43.0. The smallest absolute Gasteiger partial charge is 0.235 e. The summed E-state index contributed by atoms with van der Waals surface area (Å²) in [5.74, 6) is -0.358. The molecular weight excluding hydrogens is 386 g/mol. The average molecular weight is 412 g/mol. The van der Waals surface area contributed by atoms with E-state index in [9.17, 15) is 14.4 Å². The van der Waals surface area contributed by atoms with Gasteiger partial charge in [-0.1, -0.05) is 31.0 Å². The number of nitrogens with zero attached hydrogens (tertiary/aromatic N) is 2. The van der Waals surface area contributed by atoms with Gasteiger partial charge in [-0.3, -0.25) is 19.3 Å². The second-order valence-electron chi connectivity index (χ2n) is 8.04. The highest BCUT2D eigenvalue weighted by atomic mass is 32.1. The lowest BCUT2D eigenvalue weighted by Crippen LogP contribution is -2.37. The monoisotopic (exact) mass is 411 g/mol. The van der Waals surface area contributed by atoms with Crippen LogP contribution in [0.5, 0.6) is 0 Å². The number of likely N-dealkylation sites (tertiary alicyclic amines) is 1. The number of hydrogen-bond acceptors (Lipinski definition) is 5. The highest BCUT2D eigenvalue weighted by Crippen LogP contribution is 2.46. The molecule has 1 saturated carbocycles. The van der Waals surface area contributed by atoms with Gasteiger partial charge in [-0.2, -0.15) is 0 Å². The van der Waals surface area contributed by atoms with Crippen molar-refractivity contribution in [3.05, 3.63) is 40.9 Å². The van der Waals surface area contributed by atoms with Gasteiger partial charge in [0.05, 0.1) is 5.41 Å². The van der Waals surface area contributed by atoms with Crippen molar-refractivity contribution in [2.45, 2.75) is 52.0 Å². The molecule has 3 amide bonds. The molecule has 2 aromatic rings. The third kappa shape index (κ3) is 4.10. The fourth-order valence-corrected chi connectivity index (χ4v) is 5.13. The summed E-state index contributed by atoms with van der Waals surface area (Å²) >= 11 is 1.60. The van der Waals surface area contributed by atoms with Crippen LogP contribution in [0, 0.1) is 12.3 Å². The van der Waals surface area contributed by atoms with E-state index in [0.717, 1.165) is 47.5 Å². The molecule has 1 saturated heterocycles. The molecular formula is C22H25N3O3S. The number of nitrogens with one attached hydrogen (secondary N) is 1. The SMILES string of the molecule is Cc1csc(-c2cccc(CNC(=O)CCN3C(=O)CC4(CCCC4)C3=O)c2)n1. The van der Waals surface area contributed by atoms with Gasteiger partial charge in [-0.15, -0.1) is 11.3 Å². The number of imide groups is 1. The first-order chi connectivity index (χ1) is 14.0. The Morgan fingerprint density at radius 1 is 1.28 bits per heavy atom. The molecule has 1 aliphatic heterocycles. The standard InChI is InChI=1S/C22H25N3O3S/c1-15-14-29-20(24-15)17-6-4-5-16(11-17)13-23-18(26)7-10-25-19(27)12-22(21(25)28)8-2-3-9-22/h4-6,11,14H,2-3,7-10,12-13H2,1H3,(H,23,26). The molecule has 6 nitrogen and oxygen atoms in total. The Labute approximate surface area is 174 Å². The Kier molecular flexibility index (Phi) is 5.50. The first-order valence-electron chi connectivity index (χ1n) is 10.1. The van der Waals surface area contributed by atoms with E-state index in [0.29, 0.717) is 13.0 Å². The first-order valence-corrected chi connectivity index (χ1v) is 11.0. The van der Waals surface area contributed by atoms with E-state index >= 15 is 0 Å². The highest BCUT2D eigenvalue weighted by Gasteiger charge is 2.52. The lowest BCUT2D eigenvalue weighted by atomic mass is 9.84. The normalized spacial score (nSPS) is 18.0. The van der Waals surface area contributed by atoms with Gasteiger partial charge in [0.25, 0.3) is 0 Å². The summed E-state index contributed by atoms with van der Waals surface area (Å²) in [6.45, 7) is 2.54. The van der Waals surface area contributed by atoms with E-state index in [4.69, 9.17) is 0 Å². The number of carbonyl (C=O) groups is 3. The Balaban J connectivity index is 1.30. The van der Waals surface area contributed by atoms with Crippen LogP contribution in [0.3, 0.4) is 0 Å². The van der Waals surface area contributed by atoms with Crippen LogP contribution in [0.15, 0.2) is 29.6 Å². The number of benzene rings is 1. The number of amides is 3. The molecule has 29 heavy (non-hydrogen) atoms. The maximum atomic E-state index is 12.7. The van der Waals surface area contributed by atoms with Crippen LogP contribution in [0.2, 0.25) is 0 Å². The van der Waals surface area contributed by atoms with Crippen molar-refractivity contribution in [3.8, 4) is 10.6 Å². The molecule has 0 unspecified atom stereocenters. The molecule has 1 N–H and O–H groups in total. The Morgan fingerprint density at radius 2 is 2.07 bits per heavy atom. The molecule has 0 radical (unpaired) electrons. The predicted octanol–water partition coefficient (Wildman–Crippen LogP) is 3.44. The Hall–Kier alpha value is -2.54. The minimum absolute atomic E-state index is 0.0701. The van der Waals surface area contributed by atoms with Gasteiger partial charge in [0.15, 0.2) is 0 Å². The molecule has 2 aliphatic rings. The maximum absolute atomic E-state index is 12.7. The van der Waals surface area contributed by atoms with E-state index in [-0.39, 0.29) is 30.7 Å². The van der Waals surface area contributed by atoms with Crippen molar-refractivity contribution in [1.82, 2.24) is 15.2 Å². The van der Waals surface area contributed by atoms with Crippen LogP contribution in [0.4, 0.5) is 0 Å². The van der Waals surface area contributed by atoms with E-state index < -0.39 is 5.41 Å². The summed E-state index contributed by atoms with van der Waals surface area (Å²) in [6.07, 6.45) is 4.07. The van der Waals surface area contributed by atoms with Gasteiger partial charge in [0.1, 0.15) is 5.01 Å². The van der Waals surface area contributed by atoms with E-state index in [1.54, 1.807) is 11.3 Å². The Morgan fingerprint density at radius 3 is 2.79 bits per heavy atom. The summed E-state index contributed by atoms with van der Waals surface area (Å²) in [5, 5.41) is 5.87. The van der Waals surface area contributed by atoms with Crippen molar-refractivity contribution < 1.29 is 14.4 Å².